The van der Waals surface area contributed by atoms with Crippen LogP contribution in [0.25, 0.3) is 0 Å². The number of hydrogen-bond acceptors (Lipinski definition) is 3. The van der Waals surface area contributed by atoms with Crippen molar-refractivity contribution in [3.63, 3.8) is 0 Å². The lowest BCUT2D eigenvalue weighted by molar-refractivity contribution is 0.395. The molecule has 0 radical (unpaired) electrons. The number of anilines is 1. The molecule has 4 heteroatoms. The van der Waals surface area contributed by atoms with Crippen LogP contribution in [0.5, 0.6) is 11.5 Å². The molecule has 0 aliphatic rings. The van der Waals surface area contributed by atoms with E-state index in [1.165, 1.54) is 0 Å². The quantitative estimate of drug-likeness (QED) is 0.892. The molecule has 0 heterocycles. The highest BCUT2D eigenvalue weighted by atomic mass is 35.5. The molecule has 20 heavy (non-hydrogen) atoms. The van der Waals surface area contributed by atoms with Crippen molar-refractivity contribution >= 4 is 17.3 Å². The number of rotatable bonds is 5. The zero-order valence-corrected chi connectivity index (χ0v) is 12.6. The first-order valence-corrected chi connectivity index (χ1v) is 6.72. The van der Waals surface area contributed by atoms with Gasteiger partial charge in [0.2, 0.25) is 0 Å². The van der Waals surface area contributed by atoms with Gasteiger partial charge in [-0.15, -0.1) is 0 Å². The Labute approximate surface area is 124 Å². The number of hydrogen-bond donors (Lipinski definition) is 1. The SMILES string of the molecule is COc1ccc(NCc2ccc(C)cc2Cl)c(OC)c1. The maximum Gasteiger partial charge on any atom is 0.145 e. The summed E-state index contributed by atoms with van der Waals surface area (Å²) in [7, 11) is 3.27. The average Bonchev–Trinajstić information content (AvgIpc) is 2.46. The molecule has 2 rings (SSSR count). The lowest BCUT2D eigenvalue weighted by atomic mass is 10.1. The third kappa shape index (κ3) is 3.36. The minimum atomic E-state index is 0.641. The van der Waals surface area contributed by atoms with Crippen molar-refractivity contribution in [2.24, 2.45) is 0 Å². The van der Waals surface area contributed by atoms with Crippen LogP contribution >= 0.6 is 11.6 Å². The van der Waals surface area contributed by atoms with E-state index in [2.05, 4.69) is 5.32 Å². The van der Waals surface area contributed by atoms with E-state index in [-0.39, 0.29) is 0 Å². The molecule has 0 bridgehead atoms. The molecule has 0 aliphatic carbocycles. The Kier molecular flexibility index (Phi) is 4.74. The van der Waals surface area contributed by atoms with E-state index in [0.29, 0.717) is 6.54 Å². The number of nitrogens with one attached hydrogen (secondary N) is 1. The van der Waals surface area contributed by atoms with Gasteiger partial charge in [0, 0.05) is 17.6 Å². The van der Waals surface area contributed by atoms with Crippen LogP contribution in [0.15, 0.2) is 36.4 Å². The Balaban J connectivity index is 2.14. The molecule has 3 nitrogen and oxygen atoms in total. The fourth-order valence-electron chi connectivity index (χ4n) is 1.93. The maximum absolute atomic E-state index is 6.23. The topological polar surface area (TPSA) is 30.5 Å². The van der Waals surface area contributed by atoms with E-state index >= 15 is 0 Å². The van der Waals surface area contributed by atoms with E-state index in [9.17, 15) is 0 Å². The Bertz CT molecular complexity index is 599. The van der Waals surface area contributed by atoms with Gasteiger partial charge in [0.1, 0.15) is 11.5 Å². The second-order valence-corrected chi connectivity index (χ2v) is 4.92. The van der Waals surface area contributed by atoms with Crippen molar-refractivity contribution in [2.45, 2.75) is 13.5 Å². The highest BCUT2D eigenvalue weighted by Crippen LogP contribution is 2.30. The molecule has 0 saturated carbocycles. The lowest BCUT2D eigenvalue weighted by Gasteiger charge is -2.13. The summed E-state index contributed by atoms with van der Waals surface area (Å²) >= 11 is 6.23. The van der Waals surface area contributed by atoms with Gasteiger partial charge in [-0.1, -0.05) is 23.7 Å². The van der Waals surface area contributed by atoms with Gasteiger partial charge in [-0.05, 0) is 36.2 Å². The molecule has 0 unspecified atom stereocenters. The van der Waals surface area contributed by atoms with Crippen LogP contribution in [-0.4, -0.2) is 14.2 Å². The highest BCUT2D eigenvalue weighted by Gasteiger charge is 2.06. The van der Waals surface area contributed by atoms with Crippen molar-refractivity contribution in [1.82, 2.24) is 0 Å². The molecule has 106 valence electrons. The fourth-order valence-corrected chi connectivity index (χ4v) is 2.23. The predicted octanol–water partition coefficient (Wildman–Crippen LogP) is 4.28. The molecule has 2 aromatic carbocycles. The van der Waals surface area contributed by atoms with Crippen LogP contribution in [0.2, 0.25) is 5.02 Å². The fraction of sp³-hybridized carbons (Fsp3) is 0.250. The second-order valence-electron chi connectivity index (χ2n) is 4.51. The van der Waals surface area contributed by atoms with E-state index in [0.717, 1.165) is 33.3 Å². The molecule has 0 fully saturated rings. The molecule has 0 saturated heterocycles. The first-order valence-electron chi connectivity index (χ1n) is 6.35. The predicted molar refractivity (Wildman–Crippen MR) is 83.1 cm³/mol. The highest BCUT2D eigenvalue weighted by molar-refractivity contribution is 6.31. The Morgan fingerprint density at radius 2 is 1.85 bits per heavy atom. The van der Waals surface area contributed by atoms with Gasteiger partial charge < -0.3 is 14.8 Å². The summed E-state index contributed by atoms with van der Waals surface area (Å²) in [6.07, 6.45) is 0. The number of methoxy groups -OCH3 is 2. The lowest BCUT2D eigenvalue weighted by Crippen LogP contribution is -2.02. The summed E-state index contributed by atoms with van der Waals surface area (Å²) in [4.78, 5) is 0. The van der Waals surface area contributed by atoms with Crippen molar-refractivity contribution < 1.29 is 9.47 Å². The van der Waals surface area contributed by atoms with Gasteiger partial charge in [-0.2, -0.15) is 0 Å². The zero-order valence-electron chi connectivity index (χ0n) is 11.9. The van der Waals surface area contributed by atoms with Crippen molar-refractivity contribution in [3.8, 4) is 11.5 Å². The summed E-state index contributed by atoms with van der Waals surface area (Å²) in [5.41, 5.74) is 3.11. The van der Waals surface area contributed by atoms with Crippen LogP contribution in [-0.2, 0) is 6.54 Å². The van der Waals surface area contributed by atoms with Gasteiger partial charge in [0.15, 0.2) is 0 Å². The van der Waals surface area contributed by atoms with Crippen molar-refractivity contribution in [3.05, 3.63) is 52.5 Å². The number of benzene rings is 2. The molecule has 0 aliphatic heterocycles. The number of halogens is 1. The standard InChI is InChI=1S/C16H18ClNO2/c1-11-4-5-12(14(17)8-11)10-18-15-7-6-13(19-2)9-16(15)20-3/h4-9,18H,10H2,1-3H3. The molecule has 1 N–H and O–H groups in total. The van der Waals surface area contributed by atoms with E-state index < -0.39 is 0 Å². The van der Waals surface area contributed by atoms with Crippen molar-refractivity contribution in [1.29, 1.82) is 0 Å². The Hall–Kier alpha value is -1.87. The first-order chi connectivity index (χ1) is 9.63. The third-order valence-electron chi connectivity index (χ3n) is 3.09. The van der Waals surface area contributed by atoms with Crippen LogP contribution in [0.1, 0.15) is 11.1 Å². The van der Waals surface area contributed by atoms with Gasteiger partial charge in [0.25, 0.3) is 0 Å². The Morgan fingerprint density at radius 1 is 1.05 bits per heavy atom. The first kappa shape index (κ1) is 14.5. The van der Waals surface area contributed by atoms with Gasteiger partial charge in [0.05, 0.1) is 19.9 Å². The summed E-state index contributed by atoms with van der Waals surface area (Å²) in [5, 5.41) is 4.10. The minimum absolute atomic E-state index is 0.641. The summed E-state index contributed by atoms with van der Waals surface area (Å²) in [6, 6.07) is 11.7. The van der Waals surface area contributed by atoms with Gasteiger partial charge in [-0.25, -0.2) is 0 Å². The minimum Gasteiger partial charge on any atom is -0.497 e. The second kappa shape index (κ2) is 6.53. The molecular formula is C16H18ClNO2. The summed E-state index contributed by atoms with van der Waals surface area (Å²) in [5.74, 6) is 1.51. The maximum atomic E-state index is 6.23. The molecule has 0 spiro atoms. The van der Waals surface area contributed by atoms with Crippen LogP contribution in [0.3, 0.4) is 0 Å². The van der Waals surface area contributed by atoms with Crippen molar-refractivity contribution in [2.75, 3.05) is 19.5 Å². The third-order valence-corrected chi connectivity index (χ3v) is 3.44. The molecule has 2 aromatic rings. The number of aryl methyl sites for hydroxylation is 1. The molecule has 0 amide bonds. The monoisotopic (exact) mass is 291 g/mol. The summed E-state index contributed by atoms with van der Waals surface area (Å²) in [6.45, 7) is 2.66. The molecule has 0 aromatic heterocycles. The molecule has 0 atom stereocenters. The van der Waals surface area contributed by atoms with Gasteiger partial charge in [-0.3, -0.25) is 0 Å². The summed E-state index contributed by atoms with van der Waals surface area (Å²) < 4.78 is 10.5. The van der Waals surface area contributed by atoms with E-state index in [4.69, 9.17) is 21.1 Å². The van der Waals surface area contributed by atoms with Crippen LogP contribution in [0.4, 0.5) is 5.69 Å². The van der Waals surface area contributed by atoms with Crippen LogP contribution in [0, 0.1) is 6.92 Å². The smallest absolute Gasteiger partial charge is 0.145 e. The number of ether oxygens (including phenoxy) is 2. The van der Waals surface area contributed by atoms with Gasteiger partial charge >= 0.3 is 0 Å². The average molecular weight is 292 g/mol. The zero-order chi connectivity index (χ0) is 14.5. The Morgan fingerprint density at radius 3 is 2.50 bits per heavy atom. The van der Waals surface area contributed by atoms with E-state index in [1.807, 2.05) is 43.3 Å². The largest absolute Gasteiger partial charge is 0.497 e. The van der Waals surface area contributed by atoms with E-state index in [1.54, 1.807) is 14.2 Å². The van der Waals surface area contributed by atoms with Crippen LogP contribution < -0.4 is 14.8 Å². The molecular weight excluding hydrogens is 274 g/mol. The normalized spacial score (nSPS) is 10.2.